The summed E-state index contributed by atoms with van der Waals surface area (Å²) in [6.07, 6.45) is -1.50. The highest BCUT2D eigenvalue weighted by Gasteiger charge is 2.17. The second kappa shape index (κ2) is 4.98. The highest BCUT2D eigenvalue weighted by atomic mass is 127. The lowest BCUT2D eigenvalue weighted by molar-refractivity contribution is 0.150. The molecule has 74 valence electrons. The average molecular weight is 373 g/mol. The van der Waals surface area contributed by atoms with Gasteiger partial charge in [-0.1, -0.05) is 15.9 Å². The van der Waals surface area contributed by atoms with Gasteiger partial charge in [-0.05, 0) is 28.2 Å². The van der Waals surface area contributed by atoms with Gasteiger partial charge in [0, 0.05) is 17.1 Å². The minimum Gasteiger partial charge on any atom is -0.244 e. The first-order valence-corrected chi connectivity index (χ1v) is 5.73. The van der Waals surface area contributed by atoms with Crippen molar-refractivity contribution in [3.05, 3.63) is 26.6 Å². The van der Waals surface area contributed by atoms with Crippen molar-refractivity contribution in [2.24, 2.45) is 0 Å². The first-order chi connectivity index (χ1) is 6.61. The van der Waals surface area contributed by atoms with E-state index >= 15 is 0 Å². The van der Waals surface area contributed by atoms with Gasteiger partial charge in [-0.25, -0.2) is 13.8 Å². The fourth-order valence-electron chi connectivity index (χ4n) is 0.940. The number of rotatable bonds is 2. The average Bonchev–Trinajstić information content (AvgIpc) is 2.17. The summed E-state index contributed by atoms with van der Waals surface area (Å²) in [6, 6.07) is 1.85. The number of nitriles is 1. The maximum Gasteiger partial charge on any atom is 0.265 e. The number of alkyl halides is 3. The van der Waals surface area contributed by atoms with Gasteiger partial charge in [0.1, 0.15) is 6.07 Å². The molecule has 0 N–H and O–H groups in total. The largest absolute Gasteiger partial charge is 0.265 e. The molecule has 0 aliphatic carbocycles. The monoisotopic (exact) mass is 372 g/mol. The van der Waals surface area contributed by atoms with Gasteiger partial charge in [0.25, 0.3) is 6.43 Å². The van der Waals surface area contributed by atoms with Crippen LogP contribution < -0.4 is 0 Å². The Balaban J connectivity index is 3.38. The molecule has 0 aromatic carbocycles. The summed E-state index contributed by atoms with van der Waals surface area (Å²) in [7, 11) is 0. The van der Waals surface area contributed by atoms with Gasteiger partial charge in [0.2, 0.25) is 0 Å². The molecule has 0 spiro atoms. The molecule has 0 amide bonds. The number of hydrogen-bond acceptors (Lipinski definition) is 2. The lowest BCUT2D eigenvalue weighted by Gasteiger charge is -2.08. The normalized spacial score (nSPS) is 10.3. The quantitative estimate of drug-likeness (QED) is 0.589. The predicted molar refractivity (Wildman–Crippen MR) is 59.3 cm³/mol. The zero-order chi connectivity index (χ0) is 10.7. The number of aromatic nitrogens is 1. The maximum atomic E-state index is 12.5. The fourth-order valence-corrected chi connectivity index (χ4v) is 2.83. The van der Waals surface area contributed by atoms with E-state index in [1.165, 1.54) is 0 Å². The molecule has 2 nitrogen and oxygen atoms in total. The van der Waals surface area contributed by atoms with Crippen LogP contribution in [0, 0.1) is 14.9 Å². The Labute approximate surface area is 102 Å². The third-order valence-electron chi connectivity index (χ3n) is 1.63. The smallest absolute Gasteiger partial charge is 0.244 e. The molecule has 0 fully saturated rings. The summed E-state index contributed by atoms with van der Waals surface area (Å²) in [4.78, 5) is 3.66. The Morgan fingerprint density at radius 2 is 2.29 bits per heavy atom. The van der Waals surface area contributed by atoms with Gasteiger partial charge in [0.05, 0.1) is 3.57 Å². The molecular weight excluding hydrogens is 369 g/mol. The second-order valence-corrected chi connectivity index (χ2v) is 4.04. The summed E-state index contributed by atoms with van der Waals surface area (Å²) in [6.45, 7) is 0. The van der Waals surface area contributed by atoms with Crippen LogP contribution in [-0.4, -0.2) is 4.98 Å². The second-order valence-electron chi connectivity index (χ2n) is 2.40. The fraction of sp³-hybridized carbons (Fsp3) is 0.250. The molecule has 0 saturated heterocycles. The molecule has 1 aromatic heterocycles. The maximum absolute atomic E-state index is 12.5. The number of nitrogens with zero attached hydrogens (tertiary/aromatic N) is 2. The standard InChI is InChI=1S/C8H4BrF2IN2/c9-1-4-5(8(10)11)3-14-6(2-13)7(4)12/h3,8H,1H2. The van der Waals surface area contributed by atoms with Crippen molar-refractivity contribution in [3.63, 3.8) is 0 Å². The Morgan fingerprint density at radius 3 is 2.71 bits per heavy atom. The van der Waals surface area contributed by atoms with Gasteiger partial charge < -0.3 is 0 Å². The van der Waals surface area contributed by atoms with Gasteiger partial charge in [-0.3, -0.25) is 0 Å². The molecule has 1 aromatic rings. The molecule has 0 saturated carbocycles. The van der Waals surface area contributed by atoms with E-state index in [1.54, 1.807) is 0 Å². The summed E-state index contributed by atoms with van der Waals surface area (Å²) in [5, 5.41) is 8.94. The van der Waals surface area contributed by atoms with Crippen molar-refractivity contribution in [1.82, 2.24) is 4.98 Å². The first kappa shape index (κ1) is 11.8. The van der Waals surface area contributed by atoms with Crippen molar-refractivity contribution in [3.8, 4) is 6.07 Å². The third-order valence-corrected chi connectivity index (χ3v) is 3.35. The van der Waals surface area contributed by atoms with E-state index in [1.807, 2.05) is 28.7 Å². The van der Waals surface area contributed by atoms with Crippen LogP contribution in [0.15, 0.2) is 6.20 Å². The summed E-state index contributed by atoms with van der Waals surface area (Å²) >= 11 is 4.97. The lowest BCUT2D eigenvalue weighted by atomic mass is 10.1. The molecular formula is C8H4BrF2IN2. The molecule has 0 aliphatic heterocycles. The van der Waals surface area contributed by atoms with E-state index in [2.05, 4.69) is 20.9 Å². The molecule has 1 rings (SSSR count). The Morgan fingerprint density at radius 1 is 1.64 bits per heavy atom. The predicted octanol–water partition coefficient (Wildman–Crippen LogP) is 3.39. The molecule has 0 atom stereocenters. The SMILES string of the molecule is N#Cc1ncc(C(F)F)c(CBr)c1I. The zero-order valence-electron chi connectivity index (χ0n) is 6.77. The van der Waals surface area contributed by atoms with Crippen LogP contribution in [0.5, 0.6) is 0 Å². The molecule has 14 heavy (non-hydrogen) atoms. The highest BCUT2D eigenvalue weighted by Crippen LogP contribution is 2.28. The lowest BCUT2D eigenvalue weighted by Crippen LogP contribution is -2.00. The molecule has 0 radical (unpaired) electrons. The summed E-state index contributed by atoms with van der Waals surface area (Å²) in [5.41, 5.74) is 0.502. The van der Waals surface area contributed by atoms with E-state index in [-0.39, 0.29) is 11.3 Å². The van der Waals surface area contributed by atoms with Crippen LogP contribution in [0.3, 0.4) is 0 Å². The van der Waals surface area contributed by atoms with Gasteiger partial charge in [-0.15, -0.1) is 0 Å². The van der Waals surface area contributed by atoms with Crippen LogP contribution in [0.2, 0.25) is 0 Å². The molecule has 6 heteroatoms. The van der Waals surface area contributed by atoms with Crippen LogP contribution >= 0.6 is 38.5 Å². The van der Waals surface area contributed by atoms with E-state index < -0.39 is 6.43 Å². The van der Waals surface area contributed by atoms with Crippen molar-refractivity contribution in [1.29, 1.82) is 5.26 Å². The van der Waals surface area contributed by atoms with Crippen LogP contribution in [0.4, 0.5) is 8.78 Å². The van der Waals surface area contributed by atoms with Crippen LogP contribution in [-0.2, 0) is 5.33 Å². The number of pyridine rings is 1. The topological polar surface area (TPSA) is 36.7 Å². The van der Waals surface area contributed by atoms with Crippen molar-refractivity contribution < 1.29 is 8.78 Å². The van der Waals surface area contributed by atoms with Gasteiger partial charge in [-0.2, -0.15) is 5.26 Å². The molecule has 0 aliphatic rings. The highest BCUT2D eigenvalue weighted by molar-refractivity contribution is 14.1. The van der Waals surface area contributed by atoms with Crippen molar-refractivity contribution >= 4 is 38.5 Å². The van der Waals surface area contributed by atoms with Crippen molar-refractivity contribution in [2.45, 2.75) is 11.8 Å². The zero-order valence-corrected chi connectivity index (χ0v) is 10.5. The molecule has 0 unspecified atom stereocenters. The third kappa shape index (κ3) is 2.20. The van der Waals surface area contributed by atoms with Gasteiger partial charge in [0.15, 0.2) is 5.69 Å². The van der Waals surface area contributed by atoms with Crippen molar-refractivity contribution in [2.75, 3.05) is 0 Å². The van der Waals surface area contributed by atoms with E-state index in [0.29, 0.717) is 14.5 Å². The molecule has 1 heterocycles. The minimum absolute atomic E-state index is 0.120. The minimum atomic E-state index is -2.56. The number of hydrogen-bond donors (Lipinski definition) is 0. The summed E-state index contributed by atoms with van der Waals surface area (Å²) < 4.78 is 25.5. The van der Waals surface area contributed by atoms with Gasteiger partial charge >= 0.3 is 0 Å². The summed E-state index contributed by atoms with van der Waals surface area (Å²) in [5.74, 6) is 0. The van der Waals surface area contributed by atoms with Crippen LogP contribution in [0.25, 0.3) is 0 Å². The number of halogens is 4. The molecule has 0 bridgehead atoms. The Kier molecular flexibility index (Phi) is 4.19. The first-order valence-electron chi connectivity index (χ1n) is 3.53. The van der Waals surface area contributed by atoms with E-state index in [0.717, 1.165) is 6.20 Å². The van der Waals surface area contributed by atoms with Crippen LogP contribution in [0.1, 0.15) is 23.2 Å². The Bertz CT molecular complexity index is 390. The Hall–Kier alpha value is -0.290. The van der Waals surface area contributed by atoms with E-state index in [9.17, 15) is 8.78 Å². The van der Waals surface area contributed by atoms with E-state index in [4.69, 9.17) is 5.26 Å².